The standard InChI is InChI=1S/C10H10ClFO2/c11-8-3-7(12)4-9(13)10(8)14-5-6-1-2-6/h3-4,6,13H,1-2,5H2. The first-order valence-corrected chi connectivity index (χ1v) is 4.85. The first-order chi connectivity index (χ1) is 6.66. The van der Waals surface area contributed by atoms with Crippen molar-refractivity contribution in [2.24, 2.45) is 5.92 Å². The smallest absolute Gasteiger partial charge is 0.179 e. The zero-order valence-electron chi connectivity index (χ0n) is 7.46. The maximum Gasteiger partial charge on any atom is 0.179 e. The van der Waals surface area contributed by atoms with E-state index in [4.69, 9.17) is 16.3 Å². The number of benzene rings is 1. The number of phenolic OH excluding ortho intramolecular Hbond substituents is 1. The molecule has 0 aliphatic heterocycles. The number of phenols is 1. The third-order valence-corrected chi connectivity index (χ3v) is 2.43. The predicted molar refractivity (Wildman–Crippen MR) is 51.3 cm³/mol. The average molecular weight is 217 g/mol. The van der Waals surface area contributed by atoms with E-state index < -0.39 is 5.82 Å². The zero-order chi connectivity index (χ0) is 10.1. The number of ether oxygens (including phenoxy) is 1. The SMILES string of the molecule is Oc1cc(F)cc(Cl)c1OCC1CC1. The van der Waals surface area contributed by atoms with Crippen molar-refractivity contribution < 1.29 is 14.2 Å². The molecular weight excluding hydrogens is 207 g/mol. The van der Waals surface area contributed by atoms with Crippen molar-refractivity contribution in [1.29, 1.82) is 0 Å². The first-order valence-electron chi connectivity index (χ1n) is 4.47. The quantitative estimate of drug-likeness (QED) is 0.842. The molecule has 0 bridgehead atoms. The van der Waals surface area contributed by atoms with Gasteiger partial charge in [0.2, 0.25) is 0 Å². The highest BCUT2D eigenvalue weighted by atomic mass is 35.5. The van der Waals surface area contributed by atoms with Gasteiger partial charge in [0.25, 0.3) is 0 Å². The van der Waals surface area contributed by atoms with Gasteiger partial charge >= 0.3 is 0 Å². The Bertz CT molecular complexity index is 327. The van der Waals surface area contributed by atoms with Crippen LogP contribution in [-0.2, 0) is 0 Å². The van der Waals surface area contributed by atoms with Crippen LogP contribution in [0, 0.1) is 11.7 Å². The first kappa shape index (κ1) is 9.59. The molecule has 0 heterocycles. The highest BCUT2D eigenvalue weighted by Crippen LogP contribution is 2.37. The molecule has 2 nitrogen and oxygen atoms in total. The molecule has 1 saturated carbocycles. The van der Waals surface area contributed by atoms with Gasteiger partial charge in [-0.25, -0.2) is 4.39 Å². The van der Waals surface area contributed by atoms with Crippen molar-refractivity contribution in [2.75, 3.05) is 6.61 Å². The minimum atomic E-state index is -0.564. The second kappa shape index (κ2) is 3.65. The molecule has 0 saturated heterocycles. The van der Waals surface area contributed by atoms with Crippen LogP contribution in [0.3, 0.4) is 0 Å². The highest BCUT2D eigenvalue weighted by molar-refractivity contribution is 6.32. The van der Waals surface area contributed by atoms with Crippen LogP contribution in [0.15, 0.2) is 12.1 Å². The fraction of sp³-hybridized carbons (Fsp3) is 0.400. The number of hydrogen-bond acceptors (Lipinski definition) is 2. The van der Waals surface area contributed by atoms with E-state index >= 15 is 0 Å². The summed E-state index contributed by atoms with van der Waals surface area (Å²) in [5, 5.41) is 9.47. The van der Waals surface area contributed by atoms with Gasteiger partial charge in [0.05, 0.1) is 11.6 Å². The van der Waals surface area contributed by atoms with Gasteiger partial charge in [-0.15, -0.1) is 0 Å². The van der Waals surface area contributed by atoms with Gasteiger partial charge in [-0.05, 0) is 24.8 Å². The van der Waals surface area contributed by atoms with E-state index in [9.17, 15) is 9.50 Å². The van der Waals surface area contributed by atoms with Gasteiger partial charge < -0.3 is 9.84 Å². The maximum atomic E-state index is 12.7. The van der Waals surface area contributed by atoms with Crippen LogP contribution in [0.5, 0.6) is 11.5 Å². The van der Waals surface area contributed by atoms with Gasteiger partial charge in [-0.1, -0.05) is 11.6 Å². The fourth-order valence-electron chi connectivity index (χ4n) is 1.18. The van der Waals surface area contributed by atoms with Crippen LogP contribution in [0.4, 0.5) is 4.39 Å². The Morgan fingerprint density at radius 3 is 2.79 bits per heavy atom. The van der Waals surface area contributed by atoms with E-state index in [1.54, 1.807) is 0 Å². The van der Waals surface area contributed by atoms with E-state index in [-0.39, 0.29) is 16.5 Å². The third kappa shape index (κ3) is 2.10. The largest absolute Gasteiger partial charge is 0.504 e. The van der Waals surface area contributed by atoms with E-state index in [0.29, 0.717) is 12.5 Å². The van der Waals surface area contributed by atoms with Crippen LogP contribution in [0.2, 0.25) is 5.02 Å². The number of hydrogen-bond donors (Lipinski definition) is 1. The summed E-state index contributed by atoms with van der Waals surface area (Å²) in [6.45, 7) is 0.541. The molecule has 0 spiro atoms. The van der Waals surface area contributed by atoms with Crippen molar-refractivity contribution in [1.82, 2.24) is 0 Å². The molecule has 2 rings (SSSR count). The Kier molecular flexibility index (Phi) is 2.50. The molecular formula is C10H10ClFO2. The van der Waals surface area contributed by atoms with Crippen LogP contribution >= 0.6 is 11.6 Å². The Hall–Kier alpha value is -0.960. The van der Waals surface area contributed by atoms with E-state index in [1.165, 1.54) is 0 Å². The molecule has 76 valence electrons. The number of rotatable bonds is 3. The molecule has 1 aliphatic rings. The normalized spacial score (nSPS) is 15.6. The number of aromatic hydroxyl groups is 1. The molecule has 0 aromatic heterocycles. The average Bonchev–Trinajstić information content (AvgIpc) is 2.85. The lowest BCUT2D eigenvalue weighted by molar-refractivity contribution is 0.283. The maximum absolute atomic E-state index is 12.7. The molecule has 0 amide bonds. The molecule has 1 N–H and O–H groups in total. The lowest BCUT2D eigenvalue weighted by Gasteiger charge is -2.08. The molecule has 4 heteroatoms. The van der Waals surface area contributed by atoms with Crippen LogP contribution in [0.25, 0.3) is 0 Å². The molecule has 0 unspecified atom stereocenters. The van der Waals surface area contributed by atoms with Crippen molar-refractivity contribution in [3.8, 4) is 11.5 Å². The van der Waals surface area contributed by atoms with Crippen molar-refractivity contribution in [2.45, 2.75) is 12.8 Å². The second-order valence-electron chi connectivity index (χ2n) is 3.49. The van der Waals surface area contributed by atoms with Crippen molar-refractivity contribution in [3.63, 3.8) is 0 Å². The van der Waals surface area contributed by atoms with Crippen molar-refractivity contribution >= 4 is 11.6 Å². The highest BCUT2D eigenvalue weighted by Gasteiger charge is 2.23. The fourth-order valence-corrected chi connectivity index (χ4v) is 1.43. The Morgan fingerprint density at radius 2 is 2.21 bits per heavy atom. The predicted octanol–water partition coefficient (Wildman–Crippen LogP) is 2.97. The van der Waals surface area contributed by atoms with Gasteiger partial charge in [-0.2, -0.15) is 0 Å². The minimum absolute atomic E-state index is 0.114. The molecule has 1 aromatic rings. The van der Waals surface area contributed by atoms with E-state index in [1.807, 2.05) is 0 Å². The van der Waals surface area contributed by atoms with Crippen LogP contribution in [-0.4, -0.2) is 11.7 Å². The van der Waals surface area contributed by atoms with Crippen molar-refractivity contribution in [3.05, 3.63) is 23.0 Å². The summed E-state index contributed by atoms with van der Waals surface area (Å²) in [5.41, 5.74) is 0. The van der Waals surface area contributed by atoms with Gasteiger partial charge in [0.15, 0.2) is 11.5 Å². The van der Waals surface area contributed by atoms with Gasteiger partial charge in [0.1, 0.15) is 5.82 Å². The van der Waals surface area contributed by atoms with Crippen LogP contribution in [0.1, 0.15) is 12.8 Å². The summed E-state index contributed by atoms with van der Waals surface area (Å²) in [6.07, 6.45) is 2.30. The Morgan fingerprint density at radius 1 is 1.50 bits per heavy atom. The molecule has 0 atom stereocenters. The van der Waals surface area contributed by atoms with Gasteiger partial charge in [0, 0.05) is 6.07 Å². The summed E-state index contributed by atoms with van der Waals surface area (Å²) >= 11 is 5.71. The topological polar surface area (TPSA) is 29.5 Å². The zero-order valence-corrected chi connectivity index (χ0v) is 8.22. The van der Waals surface area contributed by atoms with E-state index in [2.05, 4.69) is 0 Å². The summed E-state index contributed by atoms with van der Waals surface area (Å²) in [7, 11) is 0. The molecule has 1 aromatic carbocycles. The summed E-state index contributed by atoms with van der Waals surface area (Å²) < 4.78 is 18.0. The Labute approximate surface area is 86.3 Å². The lowest BCUT2D eigenvalue weighted by atomic mass is 10.3. The summed E-state index contributed by atoms with van der Waals surface area (Å²) in [5.74, 6) is -0.0580. The second-order valence-corrected chi connectivity index (χ2v) is 3.90. The number of halogens is 2. The van der Waals surface area contributed by atoms with E-state index in [0.717, 1.165) is 25.0 Å². The molecule has 14 heavy (non-hydrogen) atoms. The van der Waals surface area contributed by atoms with Crippen LogP contribution < -0.4 is 4.74 Å². The van der Waals surface area contributed by atoms with Gasteiger partial charge in [-0.3, -0.25) is 0 Å². The summed E-state index contributed by atoms with van der Waals surface area (Å²) in [6, 6.07) is 2.12. The lowest BCUT2D eigenvalue weighted by Crippen LogP contribution is -1.99. The summed E-state index contributed by atoms with van der Waals surface area (Å²) in [4.78, 5) is 0. The molecule has 1 aliphatic carbocycles. The molecule has 1 fully saturated rings. The Balaban J connectivity index is 2.13. The third-order valence-electron chi connectivity index (χ3n) is 2.15. The minimum Gasteiger partial charge on any atom is -0.504 e. The monoisotopic (exact) mass is 216 g/mol. The molecule has 0 radical (unpaired) electrons.